The number of rotatable bonds is 5. The molecule has 108 valence electrons. The van der Waals surface area contributed by atoms with Gasteiger partial charge in [0.2, 0.25) is 5.95 Å². The van der Waals surface area contributed by atoms with Crippen molar-refractivity contribution in [3.8, 4) is 0 Å². The van der Waals surface area contributed by atoms with Crippen molar-refractivity contribution in [2.75, 3.05) is 24.3 Å². The fourth-order valence-corrected chi connectivity index (χ4v) is 2.19. The monoisotopic (exact) mass is 272 g/mol. The highest BCUT2D eigenvalue weighted by atomic mass is 15.3. The van der Waals surface area contributed by atoms with Crippen LogP contribution in [0.2, 0.25) is 0 Å². The van der Waals surface area contributed by atoms with Gasteiger partial charge in [0.1, 0.15) is 0 Å². The third-order valence-corrected chi connectivity index (χ3v) is 3.51. The van der Waals surface area contributed by atoms with Crippen molar-refractivity contribution < 1.29 is 0 Å². The number of benzene rings is 1. The number of imidazole rings is 1. The molecule has 0 atom stereocenters. The molecule has 0 fully saturated rings. The maximum Gasteiger partial charge on any atom is 0.204 e. The van der Waals surface area contributed by atoms with Gasteiger partial charge in [0.05, 0.1) is 18.4 Å². The molecule has 0 aliphatic heterocycles. The minimum Gasteiger partial charge on any atom is -0.379 e. The van der Waals surface area contributed by atoms with E-state index in [1.807, 2.05) is 32.2 Å². The second-order valence-electron chi connectivity index (χ2n) is 5.63. The normalized spacial score (nSPS) is 10.9. The third kappa shape index (κ3) is 3.13. The molecule has 0 spiro atoms. The van der Waals surface area contributed by atoms with Crippen LogP contribution in [0.3, 0.4) is 0 Å². The molecule has 0 radical (unpaired) electrons. The van der Waals surface area contributed by atoms with Crippen LogP contribution < -0.4 is 10.2 Å². The molecule has 0 aliphatic rings. The standard InChI is InChI=1S/C16H24N4/c1-12(2)13-6-8-14(9-7-13)17-10-15-11-18-16(19(3)4)20(15)5/h6-9,11-12,17H,10H2,1-5H3. The van der Waals surface area contributed by atoms with E-state index in [0.717, 1.165) is 18.2 Å². The SMILES string of the molecule is CC(C)c1ccc(NCc2cnc(N(C)C)n2C)cc1. The zero-order valence-corrected chi connectivity index (χ0v) is 13.0. The highest BCUT2D eigenvalue weighted by Crippen LogP contribution is 2.18. The van der Waals surface area contributed by atoms with Crippen LogP contribution in [-0.4, -0.2) is 23.6 Å². The molecule has 2 aromatic rings. The molecule has 0 aliphatic carbocycles. The summed E-state index contributed by atoms with van der Waals surface area (Å²) in [7, 11) is 6.05. The second kappa shape index (κ2) is 5.99. The van der Waals surface area contributed by atoms with E-state index in [2.05, 4.69) is 53.0 Å². The van der Waals surface area contributed by atoms with Crippen LogP contribution >= 0.6 is 0 Å². The highest BCUT2D eigenvalue weighted by molar-refractivity contribution is 5.45. The van der Waals surface area contributed by atoms with Crippen molar-refractivity contribution in [1.29, 1.82) is 0 Å². The first-order valence-corrected chi connectivity index (χ1v) is 7.00. The van der Waals surface area contributed by atoms with Gasteiger partial charge in [-0.3, -0.25) is 0 Å². The Kier molecular flexibility index (Phi) is 4.32. The van der Waals surface area contributed by atoms with Gasteiger partial charge in [-0.2, -0.15) is 0 Å². The second-order valence-corrected chi connectivity index (χ2v) is 5.63. The van der Waals surface area contributed by atoms with Crippen molar-refractivity contribution >= 4 is 11.6 Å². The third-order valence-electron chi connectivity index (χ3n) is 3.51. The lowest BCUT2D eigenvalue weighted by Gasteiger charge is -2.13. The molecule has 2 rings (SSSR count). The van der Waals surface area contributed by atoms with Gasteiger partial charge < -0.3 is 14.8 Å². The van der Waals surface area contributed by atoms with E-state index in [9.17, 15) is 0 Å². The Morgan fingerprint density at radius 2 is 1.85 bits per heavy atom. The summed E-state index contributed by atoms with van der Waals surface area (Å²) in [4.78, 5) is 6.43. The van der Waals surface area contributed by atoms with E-state index < -0.39 is 0 Å². The summed E-state index contributed by atoms with van der Waals surface area (Å²) in [6.45, 7) is 5.19. The summed E-state index contributed by atoms with van der Waals surface area (Å²) in [5, 5.41) is 3.44. The fraction of sp³-hybridized carbons (Fsp3) is 0.438. The molecule has 4 nitrogen and oxygen atoms in total. The summed E-state index contributed by atoms with van der Waals surface area (Å²) < 4.78 is 2.11. The number of hydrogen-bond donors (Lipinski definition) is 1. The number of hydrogen-bond acceptors (Lipinski definition) is 3. The van der Waals surface area contributed by atoms with Crippen molar-refractivity contribution in [2.45, 2.75) is 26.3 Å². The maximum absolute atomic E-state index is 4.41. The van der Waals surface area contributed by atoms with Gasteiger partial charge in [-0.1, -0.05) is 26.0 Å². The van der Waals surface area contributed by atoms with Crippen LogP contribution in [0.1, 0.15) is 31.0 Å². The van der Waals surface area contributed by atoms with Crippen LogP contribution in [0, 0.1) is 0 Å². The summed E-state index contributed by atoms with van der Waals surface area (Å²) in [5.41, 5.74) is 3.68. The predicted molar refractivity (Wildman–Crippen MR) is 85.4 cm³/mol. The number of nitrogens with one attached hydrogen (secondary N) is 1. The smallest absolute Gasteiger partial charge is 0.204 e. The van der Waals surface area contributed by atoms with Crippen molar-refractivity contribution in [3.63, 3.8) is 0 Å². The van der Waals surface area contributed by atoms with Crippen molar-refractivity contribution in [3.05, 3.63) is 41.7 Å². The Hall–Kier alpha value is -1.97. The minimum atomic E-state index is 0.573. The first kappa shape index (κ1) is 14.4. The van der Waals surface area contributed by atoms with Gasteiger partial charge in [0.25, 0.3) is 0 Å². The lowest BCUT2D eigenvalue weighted by Crippen LogP contribution is -2.15. The molecule has 1 aromatic carbocycles. The Balaban J connectivity index is 2.02. The molecule has 0 amide bonds. The Morgan fingerprint density at radius 3 is 2.35 bits per heavy atom. The number of anilines is 2. The molecular formula is C16H24N4. The van der Waals surface area contributed by atoms with E-state index >= 15 is 0 Å². The number of aromatic nitrogens is 2. The Bertz CT molecular complexity index is 552. The average molecular weight is 272 g/mol. The quantitative estimate of drug-likeness (QED) is 0.907. The predicted octanol–water partition coefficient (Wildman–Crippen LogP) is 3.22. The maximum atomic E-state index is 4.41. The molecule has 0 bridgehead atoms. The van der Waals surface area contributed by atoms with Crippen LogP contribution in [-0.2, 0) is 13.6 Å². The first-order valence-electron chi connectivity index (χ1n) is 7.00. The minimum absolute atomic E-state index is 0.573. The first-order chi connectivity index (χ1) is 9.49. The molecule has 0 saturated heterocycles. The van der Waals surface area contributed by atoms with Crippen LogP contribution in [0.4, 0.5) is 11.6 Å². The lowest BCUT2D eigenvalue weighted by atomic mass is 10.0. The fourth-order valence-electron chi connectivity index (χ4n) is 2.19. The summed E-state index contributed by atoms with van der Waals surface area (Å²) in [5.74, 6) is 1.54. The summed E-state index contributed by atoms with van der Waals surface area (Å²) in [6.07, 6.45) is 1.92. The van der Waals surface area contributed by atoms with Gasteiger partial charge in [-0.05, 0) is 23.6 Å². The van der Waals surface area contributed by atoms with E-state index in [1.165, 1.54) is 11.3 Å². The summed E-state index contributed by atoms with van der Waals surface area (Å²) >= 11 is 0. The summed E-state index contributed by atoms with van der Waals surface area (Å²) in [6, 6.07) is 8.64. The molecule has 1 N–H and O–H groups in total. The molecule has 20 heavy (non-hydrogen) atoms. The molecule has 1 heterocycles. The molecular weight excluding hydrogens is 248 g/mol. The lowest BCUT2D eigenvalue weighted by molar-refractivity contribution is 0.814. The average Bonchev–Trinajstić information content (AvgIpc) is 2.78. The zero-order chi connectivity index (χ0) is 14.7. The van der Waals surface area contributed by atoms with Gasteiger partial charge in [0, 0.05) is 26.8 Å². The van der Waals surface area contributed by atoms with E-state index in [0.29, 0.717) is 5.92 Å². The topological polar surface area (TPSA) is 33.1 Å². The van der Waals surface area contributed by atoms with Crippen LogP contribution in [0.15, 0.2) is 30.5 Å². The molecule has 0 saturated carbocycles. The van der Waals surface area contributed by atoms with E-state index in [4.69, 9.17) is 0 Å². The van der Waals surface area contributed by atoms with E-state index in [1.54, 1.807) is 0 Å². The van der Waals surface area contributed by atoms with Crippen LogP contribution in [0.5, 0.6) is 0 Å². The van der Waals surface area contributed by atoms with Gasteiger partial charge >= 0.3 is 0 Å². The van der Waals surface area contributed by atoms with E-state index in [-0.39, 0.29) is 0 Å². The van der Waals surface area contributed by atoms with Gasteiger partial charge in [-0.25, -0.2) is 4.98 Å². The van der Waals surface area contributed by atoms with Crippen molar-refractivity contribution in [2.24, 2.45) is 7.05 Å². The van der Waals surface area contributed by atoms with Crippen LogP contribution in [0.25, 0.3) is 0 Å². The zero-order valence-electron chi connectivity index (χ0n) is 13.0. The molecule has 4 heteroatoms. The Morgan fingerprint density at radius 1 is 1.20 bits per heavy atom. The number of nitrogens with zero attached hydrogens (tertiary/aromatic N) is 3. The highest BCUT2D eigenvalue weighted by Gasteiger charge is 2.07. The van der Waals surface area contributed by atoms with Gasteiger partial charge in [-0.15, -0.1) is 0 Å². The largest absolute Gasteiger partial charge is 0.379 e. The van der Waals surface area contributed by atoms with Crippen molar-refractivity contribution in [1.82, 2.24) is 9.55 Å². The molecule has 1 aromatic heterocycles. The van der Waals surface area contributed by atoms with Gasteiger partial charge in [0.15, 0.2) is 0 Å². The Labute approximate surface area is 121 Å². The molecule has 0 unspecified atom stereocenters.